The average molecular weight is 226 g/mol. The molecule has 1 aliphatic carbocycles. The molecule has 1 nitrogen and oxygen atoms in total. The van der Waals surface area contributed by atoms with Gasteiger partial charge in [-0.1, -0.05) is 28.1 Å². The van der Waals surface area contributed by atoms with E-state index >= 15 is 0 Å². The fourth-order valence-electron chi connectivity index (χ4n) is 1.50. The van der Waals surface area contributed by atoms with Gasteiger partial charge in [-0.05, 0) is 30.5 Å². The van der Waals surface area contributed by atoms with Crippen LogP contribution in [0.4, 0.5) is 0 Å². The highest BCUT2D eigenvalue weighted by Gasteiger charge is 2.34. The standard InChI is InChI=1S/C10H12BrN/c1-6-4-7(2-3-9(6)11)8-5-10(8)12/h2-4,8,10H,5,12H2,1H3/t8-,10+/m0/s1. The summed E-state index contributed by atoms with van der Waals surface area (Å²) in [6.45, 7) is 2.11. The number of benzene rings is 1. The smallest absolute Gasteiger partial charge is 0.0204 e. The topological polar surface area (TPSA) is 26.0 Å². The summed E-state index contributed by atoms with van der Waals surface area (Å²) in [6.07, 6.45) is 1.15. The molecule has 1 saturated carbocycles. The summed E-state index contributed by atoms with van der Waals surface area (Å²) < 4.78 is 1.18. The summed E-state index contributed by atoms with van der Waals surface area (Å²) in [5, 5.41) is 0. The van der Waals surface area contributed by atoms with Crippen LogP contribution in [-0.2, 0) is 0 Å². The van der Waals surface area contributed by atoms with E-state index in [9.17, 15) is 0 Å². The van der Waals surface area contributed by atoms with Crippen molar-refractivity contribution in [1.82, 2.24) is 0 Å². The molecule has 2 atom stereocenters. The van der Waals surface area contributed by atoms with Crippen LogP contribution in [0.3, 0.4) is 0 Å². The van der Waals surface area contributed by atoms with Crippen molar-refractivity contribution in [3.63, 3.8) is 0 Å². The Hall–Kier alpha value is -0.340. The molecule has 1 aromatic carbocycles. The molecule has 64 valence electrons. The van der Waals surface area contributed by atoms with Crippen molar-refractivity contribution < 1.29 is 0 Å². The number of rotatable bonds is 1. The van der Waals surface area contributed by atoms with Gasteiger partial charge in [0.25, 0.3) is 0 Å². The Bertz CT molecular complexity index is 309. The van der Waals surface area contributed by atoms with E-state index in [0.717, 1.165) is 6.42 Å². The maximum absolute atomic E-state index is 5.77. The van der Waals surface area contributed by atoms with E-state index in [1.54, 1.807) is 0 Å². The Kier molecular flexibility index (Phi) is 1.97. The molecule has 0 amide bonds. The van der Waals surface area contributed by atoms with Gasteiger partial charge in [-0.3, -0.25) is 0 Å². The second-order valence-electron chi connectivity index (χ2n) is 3.51. The molecular weight excluding hydrogens is 214 g/mol. The normalized spacial score (nSPS) is 27.2. The van der Waals surface area contributed by atoms with E-state index in [4.69, 9.17) is 5.73 Å². The van der Waals surface area contributed by atoms with Gasteiger partial charge in [0.05, 0.1) is 0 Å². The number of aryl methyl sites for hydroxylation is 1. The van der Waals surface area contributed by atoms with Gasteiger partial charge in [0.15, 0.2) is 0 Å². The van der Waals surface area contributed by atoms with Gasteiger partial charge in [-0.15, -0.1) is 0 Å². The number of nitrogens with two attached hydrogens (primary N) is 1. The molecule has 0 aromatic heterocycles. The van der Waals surface area contributed by atoms with Crippen molar-refractivity contribution in [2.24, 2.45) is 5.73 Å². The van der Waals surface area contributed by atoms with E-state index in [0.29, 0.717) is 12.0 Å². The van der Waals surface area contributed by atoms with Crippen LogP contribution in [0, 0.1) is 6.92 Å². The molecule has 0 unspecified atom stereocenters. The fraction of sp³-hybridized carbons (Fsp3) is 0.400. The molecule has 2 N–H and O–H groups in total. The van der Waals surface area contributed by atoms with Crippen LogP contribution in [-0.4, -0.2) is 6.04 Å². The summed E-state index contributed by atoms with van der Waals surface area (Å²) in [6, 6.07) is 6.90. The minimum atomic E-state index is 0.408. The van der Waals surface area contributed by atoms with Gasteiger partial charge in [0, 0.05) is 16.4 Å². The first-order valence-corrected chi connectivity index (χ1v) is 4.99. The maximum Gasteiger partial charge on any atom is 0.0204 e. The average Bonchev–Trinajstić information content (AvgIpc) is 2.73. The number of hydrogen-bond acceptors (Lipinski definition) is 1. The molecule has 12 heavy (non-hydrogen) atoms. The Morgan fingerprint density at radius 2 is 2.17 bits per heavy atom. The molecule has 0 saturated heterocycles. The minimum Gasteiger partial charge on any atom is -0.327 e. The predicted molar refractivity (Wildman–Crippen MR) is 54.2 cm³/mol. The Balaban J connectivity index is 2.29. The van der Waals surface area contributed by atoms with Gasteiger partial charge in [0.2, 0.25) is 0 Å². The molecule has 0 radical (unpaired) electrons. The van der Waals surface area contributed by atoms with E-state index in [2.05, 4.69) is 41.1 Å². The largest absolute Gasteiger partial charge is 0.327 e. The van der Waals surface area contributed by atoms with Gasteiger partial charge >= 0.3 is 0 Å². The highest BCUT2D eigenvalue weighted by atomic mass is 79.9. The first kappa shape index (κ1) is 8.27. The van der Waals surface area contributed by atoms with Gasteiger partial charge < -0.3 is 5.73 Å². The quantitative estimate of drug-likeness (QED) is 0.782. The zero-order valence-corrected chi connectivity index (χ0v) is 8.64. The lowest BCUT2D eigenvalue weighted by Crippen LogP contribution is -2.00. The summed E-state index contributed by atoms with van der Waals surface area (Å²) >= 11 is 3.48. The summed E-state index contributed by atoms with van der Waals surface area (Å²) in [5.41, 5.74) is 8.46. The lowest BCUT2D eigenvalue weighted by Gasteiger charge is -2.02. The summed E-state index contributed by atoms with van der Waals surface area (Å²) in [7, 11) is 0. The molecule has 2 rings (SSSR count). The number of hydrogen-bond donors (Lipinski definition) is 1. The first-order valence-electron chi connectivity index (χ1n) is 4.20. The molecule has 0 aliphatic heterocycles. The second kappa shape index (κ2) is 2.86. The molecule has 0 heterocycles. The molecule has 1 aliphatic rings. The van der Waals surface area contributed by atoms with Gasteiger partial charge in [-0.2, -0.15) is 0 Å². The molecule has 2 heteroatoms. The lowest BCUT2D eigenvalue weighted by molar-refractivity contribution is 0.988. The third-order valence-corrected chi connectivity index (χ3v) is 3.34. The predicted octanol–water partition coefficient (Wildman–Crippen LogP) is 2.57. The van der Waals surface area contributed by atoms with Gasteiger partial charge in [-0.25, -0.2) is 0 Å². The van der Waals surface area contributed by atoms with Crippen LogP contribution >= 0.6 is 15.9 Å². The van der Waals surface area contributed by atoms with Crippen molar-refractivity contribution in [3.05, 3.63) is 33.8 Å². The fourth-order valence-corrected chi connectivity index (χ4v) is 1.74. The van der Waals surface area contributed by atoms with Gasteiger partial charge in [0.1, 0.15) is 0 Å². The van der Waals surface area contributed by atoms with Crippen LogP contribution in [0.1, 0.15) is 23.5 Å². The highest BCUT2D eigenvalue weighted by molar-refractivity contribution is 9.10. The van der Waals surface area contributed by atoms with Crippen LogP contribution < -0.4 is 5.73 Å². The summed E-state index contributed by atoms with van der Waals surface area (Å²) in [4.78, 5) is 0. The van der Waals surface area contributed by atoms with Crippen molar-refractivity contribution in [2.75, 3.05) is 0 Å². The van der Waals surface area contributed by atoms with Crippen molar-refractivity contribution >= 4 is 15.9 Å². The monoisotopic (exact) mass is 225 g/mol. The van der Waals surface area contributed by atoms with E-state index in [1.165, 1.54) is 15.6 Å². The zero-order chi connectivity index (χ0) is 8.72. The zero-order valence-electron chi connectivity index (χ0n) is 7.05. The Labute approximate surface area is 81.1 Å². The Morgan fingerprint density at radius 3 is 2.67 bits per heavy atom. The second-order valence-corrected chi connectivity index (χ2v) is 4.37. The minimum absolute atomic E-state index is 0.408. The van der Waals surface area contributed by atoms with Crippen LogP contribution in [0.5, 0.6) is 0 Å². The maximum atomic E-state index is 5.77. The highest BCUT2D eigenvalue weighted by Crippen LogP contribution is 2.39. The SMILES string of the molecule is Cc1cc([C@@H]2C[C@H]2N)ccc1Br. The van der Waals surface area contributed by atoms with Crippen LogP contribution in [0.2, 0.25) is 0 Å². The molecule has 1 aromatic rings. The molecular formula is C10H12BrN. The molecule has 0 bridgehead atoms. The van der Waals surface area contributed by atoms with E-state index in [1.807, 2.05) is 0 Å². The molecule has 0 spiro atoms. The molecule has 1 fully saturated rings. The van der Waals surface area contributed by atoms with E-state index in [-0.39, 0.29) is 0 Å². The third-order valence-electron chi connectivity index (χ3n) is 2.45. The van der Waals surface area contributed by atoms with Crippen LogP contribution in [0.25, 0.3) is 0 Å². The number of halogens is 1. The van der Waals surface area contributed by atoms with Crippen molar-refractivity contribution in [3.8, 4) is 0 Å². The van der Waals surface area contributed by atoms with Crippen molar-refractivity contribution in [1.29, 1.82) is 0 Å². The van der Waals surface area contributed by atoms with E-state index < -0.39 is 0 Å². The van der Waals surface area contributed by atoms with Crippen LogP contribution in [0.15, 0.2) is 22.7 Å². The Morgan fingerprint density at radius 1 is 1.50 bits per heavy atom. The third kappa shape index (κ3) is 1.41. The lowest BCUT2D eigenvalue weighted by atomic mass is 10.1. The first-order chi connectivity index (χ1) is 5.68. The van der Waals surface area contributed by atoms with Crippen molar-refractivity contribution in [2.45, 2.75) is 25.3 Å². The summed E-state index contributed by atoms with van der Waals surface area (Å²) in [5.74, 6) is 0.622.